The first-order chi connectivity index (χ1) is 9.02. The highest BCUT2D eigenvalue weighted by Gasteiger charge is 2.11. The lowest BCUT2D eigenvalue weighted by molar-refractivity contribution is -0.135. The third-order valence-corrected chi connectivity index (χ3v) is 2.32. The predicted octanol–water partition coefficient (Wildman–Crippen LogP) is 1.76. The van der Waals surface area contributed by atoms with E-state index in [1.165, 1.54) is 7.11 Å². The van der Waals surface area contributed by atoms with Crippen molar-refractivity contribution in [2.75, 3.05) is 13.7 Å². The zero-order valence-corrected chi connectivity index (χ0v) is 11.4. The van der Waals surface area contributed by atoms with Crippen LogP contribution in [0.3, 0.4) is 0 Å². The molecule has 0 atom stereocenters. The second kappa shape index (κ2) is 7.41. The van der Waals surface area contributed by atoms with Crippen molar-refractivity contribution < 1.29 is 19.1 Å². The Morgan fingerprint density at radius 2 is 1.84 bits per heavy atom. The highest BCUT2D eigenvalue weighted by atomic mass is 16.6. The van der Waals surface area contributed by atoms with E-state index in [0.717, 1.165) is 0 Å². The van der Waals surface area contributed by atoms with Gasteiger partial charge in [-0.3, -0.25) is 4.79 Å². The molecule has 0 aromatic heterocycles. The second-order valence-electron chi connectivity index (χ2n) is 4.50. The molecule has 19 heavy (non-hydrogen) atoms. The summed E-state index contributed by atoms with van der Waals surface area (Å²) in [6.07, 6.45) is 0.391. The number of nitrogens with one attached hydrogen (secondary N) is 1. The quantitative estimate of drug-likeness (QED) is 0.629. The van der Waals surface area contributed by atoms with Gasteiger partial charge < -0.3 is 14.8 Å². The molecule has 0 aliphatic heterocycles. The van der Waals surface area contributed by atoms with Crippen LogP contribution in [0.2, 0.25) is 0 Å². The molecule has 1 N–H and O–H groups in total. The number of ether oxygens (including phenoxy) is 2. The van der Waals surface area contributed by atoms with Gasteiger partial charge in [0.15, 0.2) is 11.5 Å². The van der Waals surface area contributed by atoms with E-state index in [1.54, 1.807) is 24.3 Å². The molecule has 0 aliphatic carbocycles. The van der Waals surface area contributed by atoms with Crippen molar-refractivity contribution >= 4 is 11.9 Å². The smallest absolute Gasteiger partial charge is 0.330 e. The molecule has 0 saturated heterocycles. The monoisotopic (exact) mass is 265 g/mol. The Morgan fingerprint density at radius 3 is 2.42 bits per heavy atom. The summed E-state index contributed by atoms with van der Waals surface area (Å²) in [6, 6.07) is 6.84. The summed E-state index contributed by atoms with van der Waals surface area (Å²) in [6.45, 7) is 3.73. The summed E-state index contributed by atoms with van der Waals surface area (Å²) < 4.78 is 10.2. The van der Waals surface area contributed by atoms with Crippen molar-refractivity contribution in [2.24, 2.45) is 5.92 Å². The Kier molecular flexibility index (Phi) is 5.85. The summed E-state index contributed by atoms with van der Waals surface area (Å²) in [5.74, 6) is 0.385. The zero-order chi connectivity index (χ0) is 14.3. The van der Waals surface area contributed by atoms with Gasteiger partial charge in [0.05, 0.1) is 7.11 Å². The van der Waals surface area contributed by atoms with Crippen LogP contribution in [0, 0.1) is 5.92 Å². The van der Waals surface area contributed by atoms with Crippen LogP contribution in [0.1, 0.15) is 20.3 Å². The van der Waals surface area contributed by atoms with Crippen LogP contribution in [0.15, 0.2) is 24.3 Å². The summed E-state index contributed by atoms with van der Waals surface area (Å²) >= 11 is 0. The van der Waals surface area contributed by atoms with Crippen LogP contribution in [0.25, 0.3) is 0 Å². The maximum atomic E-state index is 11.6. The third-order valence-electron chi connectivity index (χ3n) is 2.32. The van der Waals surface area contributed by atoms with E-state index in [4.69, 9.17) is 9.47 Å². The van der Waals surface area contributed by atoms with Crippen molar-refractivity contribution in [3.63, 3.8) is 0 Å². The molecule has 5 heteroatoms. The molecule has 0 radical (unpaired) electrons. The summed E-state index contributed by atoms with van der Waals surface area (Å²) in [7, 11) is 1.50. The third kappa shape index (κ3) is 5.42. The van der Waals surface area contributed by atoms with Gasteiger partial charge in [0.25, 0.3) is 0 Å². The average Bonchev–Trinajstić information content (AvgIpc) is 2.36. The van der Waals surface area contributed by atoms with Crippen molar-refractivity contribution in [3.8, 4) is 11.5 Å². The van der Waals surface area contributed by atoms with E-state index in [0.29, 0.717) is 17.9 Å². The van der Waals surface area contributed by atoms with Crippen molar-refractivity contribution in [1.82, 2.24) is 5.32 Å². The van der Waals surface area contributed by atoms with Gasteiger partial charge in [-0.25, -0.2) is 4.79 Å². The first-order valence-electron chi connectivity index (χ1n) is 6.13. The molecule has 1 amide bonds. The summed E-state index contributed by atoms with van der Waals surface area (Å²) in [5.41, 5.74) is 0. The highest BCUT2D eigenvalue weighted by Crippen LogP contribution is 2.25. The van der Waals surface area contributed by atoms with Crippen LogP contribution in [0.5, 0.6) is 11.5 Å². The van der Waals surface area contributed by atoms with Crippen LogP contribution in [-0.4, -0.2) is 25.5 Å². The van der Waals surface area contributed by atoms with Crippen molar-refractivity contribution in [1.29, 1.82) is 0 Å². The number of methoxy groups -OCH3 is 1. The van der Waals surface area contributed by atoms with E-state index in [1.807, 2.05) is 13.8 Å². The lowest BCUT2D eigenvalue weighted by atomic mass is 10.1. The first kappa shape index (κ1) is 15.0. The summed E-state index contributed by atoms with van der Waals surface area (Å²) in [5, 5.41) is 2.52. The molecule has 0 spiro atoms. The number of rotatable bonds is 6. The minimum Gasteiger partial charge on any atom is -0.493 e. The number of para-hydroxylation sites is 2. The minimum atomic E-state index is -0.526. The molecule has 0 bridgehead atoms. The molecule has 0 aliphatic rings. The standard InChI is InChI=1S/C14H19NO4/c1-10(2)8-13(16)15-9-14(17)19-12-7-5-4-6-11(12)18-3/h4-7,10H,8-9H2,1-3H3,(H,15,16). The predicted molar refractivity (Wildman–Crippen MR) is 71.1 cm³/mol. The summed E-state index contributed by atoms with van der Waals surface area (Å²) in [4.78, 5) is 23.0. The number of benzene rings is 1. The molecule has 0 fully saturated rings. The Labute approximate surface area is 112 Å². The van der Waals surface area contributed by atoms with Crippen molar-refractivity contribution in [3.05, 3.63) is 24.3 Å². The highest BCUT2D eigenvalue weighted by molar-refractivity contribution is 5.83. The molecule has 1 rings (SSSR count). The maximum Gasteiger partial charge on any atom is 0.330 e. The fourth-order valence-electron chi connectivity index (χ4n) is 1.48. The van der Waals surface area contributed by atoms with E-state index < -0.39 is 5.97 Å². The van der Waals surface area contributed by atoms with E-state index in [9.17, 15) is 9.59 Å². The van der Waals surface area contributed by atoms with Gasteiger partial charge in [-0.15, -0.1) is 0 Å². The molecule has 1 aromatic rings. The molecule has 1 aromatic carbocycles. The minimum absolute atomic E-state index is 0.149. The Bertz CT molecular complexity index is 443. The van der Waals surface area contributed by atoms with Crippen LogP contribution in [0.4, 0.5) is 0 Å². The van der Waals surface area contributed by atoms with Gasteiger partial charge in [0, 0.05) is 6.42 Å². The molecule has 104 valence electrons. The zero-order valence-electron chi connectivity index (χ0n) is 11.4. The fraction of sp³-hybridized carbons (Fsp3) is 0.429. The largest absolute Gasteiger partial charge is 0.493 e. The molecular formula is C14H19NO4. The lowest BCUT2D eigenvalue weighted by Crippen LogP contribution is -2.32. The van der Waals surface area contributed by atoms with Gasteiger partial charge in [-0.2, -0.15) is 0 Å². The van der Waals surface area contributed by atoms with E-state index in [2.05, 4.69) is 5.32 Å². The number of esters is 1. The van der Waals surface area contributed by atoms with Gasteiger partial charge >= 0.3 is 5.97 Å². The molecule has 5 nitrogen and oxygen atoms in total. The average molecular weight is 265 g/mol. The number of hydrogen-bond donors (Lipinski definition) is 1. The van der Waals surface area contributed by atoms with Gasteiger partial charge in [0.1, 0.15) is 6.54 Å². The van der Waals surface area contributed by atoms with Crippen LogP contribution in [-0.2, 0) is 9.59 Å². The Balaban J connectivity index is 2.45. The fourth-order valence-corrected chi connectivity index (χ4v) is 1.48. The molecule has 0 unspecified atom stereocenters. The van der Waals surface area contributed by atoms with Gasteiger partial charge in [0.2, 0.25) is 5.91 Å². The Hall–Kier alpha value is -2.04. The van der Waals surface area contributed by atoms with Crippen LogP contribution >= 0.6 is 0 Å². The number of hydrogen-bond acceptors (Lipinski definition) is 4. The molecular weight excluding hydrogens is 246 g/mol. The van der Waals surface area contributed by atoms with Gasteiger partial charge in [-0.1, -0.05) is 26.0 Å². The lowest BCUT2D eigenvalue weighted by Gasteiger charge is -2.09. The number of carbonyl (C=O) groups is 2. The Morgan fingerprint density at radius 1 is 1.21 bits per heavy atom. The first-order valence-corrected chi connectivity index (χ1v) is 6.13. The van der Waals surface area contributed by atoms with E-state index in [-0.39, 0.29) is 18.4 Å². The van der Waals surface area contributed by atoms with E-state index >= 15 is 0 Å². The van der Waals surface area contributed by atoms with Crippen LogP contribution < -0.4 is 14.8 Å². The SMILES string of the molecule is COc1ccccc1OC(=O)CNC(=O)CC(C)C. The van der Waals surface area contributed by atoms with Gasteiger partial charge in [-0.05, 0) is 18.1 Å². The second-order valence-corrected chi connectivity index (χ2v) is 4.50. The maximum absolute atomic E-state index is 11.6. The number of carbonyl (C=O) groups excluding carboxylic acids is 2. The number of amides is 1. The topological polar surface area (TPSA) is 64.6 Å². The normalized spacial score (nSPS) is 10.1. The molecule has 0 saturated carbocycles. The van der Waals surface area contributed by atoms with Crippen molar-refractivity contribution in [2.45, 2.75) is 20.3 Å². The molecule has 0 heterocycles.